The summed E-state index contributed by atoms with van der Waals surface area (Å²) in [6, 6.07) is 0. The highest BCUT2D eigenvalue weighted by Gasteiger charge is 2.56. The summed E-state index contributed by atoms with van der Waals surface area (Å²) in [7, 11) is 0. The van der Waals surface area contributed by atoms with Crippen LogP contribution >= 0.6 is 0 Å². The second kappa shape index (κ2) is 59.2. The van der Waals surface area contributed by atoms with Crippen molar-refractivity contribution < 1.29 is 200 Å². The van der Waals surface area contributed by atoms with Gasteiger partial charge in [-0.15, -0.1) is 0 Å². The number of hydrogen-bond donors (Lipinski definition) is 4. The minimum atomic E-state index is -1.41. The molecule has 0 saturated carbocycles. The molecule has 3 fully saturated rings. The summed E-state index contributed by atoms with van der Waals surface area (Å²) in [6.07, 6.45) is -20.6. The van der Waals surface area contributed by atoms with E-state index in [9.17, 15) is 71.9 Å². The molecule has 0 radical (unpaired) electrons. The number of nitrogens with one attached hydrogen (secondary N) is 3. The van der Waals surface area contributed by atoms with E-state index in [0.717, 1.165) is 83.1 Å². The Kier molecular flexibility index (Phi) is 52.0. The lowest BCUT2D eigenvalue weighted by Crippen LogP contribution is -2.63. The van der Waals surface area contributed by atoms with Gasteiger partial charge in [-0.25, -0.2) is 0 Å². The van der Waals surface area contributed by atoms with Crippen molar-refractivity contribution in [1.82, 2.24) is 16.0 Å². The average Bonchev–Trinajstić information content (AvgIpc) is 0.798. The van der Waals surface area contributed by atoms with Crippen LogP contribution in [0.1, 0.15) is 102 Å². The molecule has 0 aromatic heterocycles. The van der Waals surface area contributed by atoms with Gasteiger partial charge in [0, 0.05) is 122 Å². The Balaban J connectivity index is 1.46. The van der Waals surface area contributed by atoms with E-state index in [1.165, 1.54) is 0 Å². The zero-order valence-electron chi connectivity index (χ0n) is 69.1. The number of carbonyl (C=O) groups is 15. The van der Waals surface area contributed by atoms with E-state index in [2.05, 4.69) is 16.0 Å². The molecule has 3 amide bonds. The van der Waals surface area contributed by atoms with Gasteiger partial charge in [-0.05, 0) is 0 Å². The molecule has 0 aromatic carbocycles. The van der Waals surface area contributed by atoms with Crippen molar-refractivity contribution in [1.29, 1.82) is 0 Å². The lowest BCUT2D eigenvalue weighted by molar-refractivity contribution is -0.309. The maximum absolute atomic E-state index is 12.8. The average molecular weight is 1720 g/mol. The van der Waals surface area contributed by atoms with Crippen molar-refractivity contribution in [3.63, 3.8) is 0 Å². The third kappa shape index (κ3) is 46.1. The summed E-state index contributed by atoms with van der Waals surface area (Å²) in [6.45, 7) is 11.8. The number of amides is 3. The molecule has 46 nitrogen and oxygen atoms in total. The monoisotopic (exact) mass is 1720 g/mol. The van der Waals surface area contributed by atoms with E-state index in [1.54, 1.807) is 0 Å². The zero-order chi connectivity index (χ0) is 88.2. The van der Waals surface area contributed by atoms with Crippen LogP contribution in [0, 0.1) is 0 Å². The van der Waals surface area contributed by atoms with Crippen LogP contribution in [-0.4, -0.2) is 365 Å². The first kappa shape index (κ1) is 105. The first-order valence-corrected chi connectivity index (χ1v) is 38.1. The molecule has 15 unspecified atom stereocenters. The fourth-order valence-corrected chi connectivity index (χ4v) is 11.1. The van der Waals surface area contributed by atoms with Gasteiger partial charge in [0.25, 0.3) is 0 Å². The lowest BCUT2D eigenvalue weighted by Gasteiger charge is -2.44. The molecule has 3 aliphatic heterocycles. The number of nitrogens with two attached hydrogens (primary N) is 1. The smallest absolute Gasteiger partial charge is 0.303 e. The molecule has 46 heteroatoms. The molecule has 0 spiro atoms. The Morgan fingerprint density at radius 1 is 0.252 bits per heavy atom. The van der Waals surface area contributed by atoms with Gasteiger partial charge in [0.1, 0.15) is 38.1 Å². The number of hydrogen-bond acceptors (Lipinski definition) is 43. The lowest BCUT2D eigenvalue weighted by atomic mass is 9.98. The molecule has 3 heterocycles. The van der Waals surface area contributed by atoms with Crippen molar-refractivity contribution in [2.45, 2.75) is 200 Å². The van der Waals surface area contributed by atoms with E-state index in [-0.39, 0.29) is 195 Å². The number of rotatable bonds is 60. The van der Waals surface area contributed by atoms with E-state index in [1.807, 2.05) is 0 Å². The Morgan fingerprint density at radius 3 is 0.672 bits per heavy atom. The van der Waals surface area contributed by atoms with Gasteiger partial charge in [-0.3, -0.25) is 71.9 Å². The van der Waals surface area contributed by atoms with E-state index < -0.39 is 189 Å². The fourth-order valence-electron chi connectivity index (χ4n) is 11.1. The molecule has 3 saturated heterocycles. The van der Waals surface area contributed by atoms with Crippen LogP contribution < -0.4 is 21.7 Å². The van der Waals surface area contributed by atoms with E-state index in [4.69, 9.17) is 134 Å². The molecule has 680 valence electrons. The molecule has 3 aliphatic rings. The maximum Gasteiger partial charge on any atom is 0.303 e. The van der Waals surface area contributed by atoms with Crippen LogP contribution in [0.4, 0.5) is 0 Å². The second-order valence-electron chi connectivity index (χ2n) is 26.3. The summed E-state index contributed by atoms with van der Waals surface area (Å²) in [5.41, 5.74) is 5.37. The number of esters is 12. The molecular weight excluding hydrogens is 1600 g/mol. The highest BCUT2D eigenvalue weighted by atomic mass is 16.8. The summed E-state index contributed by atoms with van der Waals surface area (Å²) < 4.78 is 150. The minimum Gasteiger partial charge on any atom is -0.463 e. The van der Waals surface area contributed by atoms with Gasteiger partial charge in [0.2, 0.25) is 17.7 Å². The summed E-state index contributed by atoms with van der Waals surface area (Å²) in [4.78, 5) is 182. The SMILES string of the molecule is CC(=O)OCC1OC(OCCOCCOCCNC(=O)CCOCC(N)(COCCC(=O)NCCOCCOCCOC2OC(COC(C)=O)C(OC(C)=O)C(OC(C)=O)C2OC(C)=O)COCCC(=O)NCCOCCOCCOC2OC(COC(C)=O)C(OC(C)=O)C(OC(C)=O)C2OC(C)=O)C(OC(C)=O)C(OC(C)=O)C1OC(C)=O. The first-order chi connectivity index (χ1) is 56.6. The van der Waals surface area contributed by atoms with Gasteiger partial charge in [0.05, 0.1) is 144 Å². The van der Waals surface area contributed by atoms with E-state index in [0.29, 0.717) is 0 Å². The quantitative estimate of drug-likeness (QED) is 0.0263. The van der Waals surface area contributed by atoms with Crippen LogP contribution in [0.25, 0.3) is 0 Å². The summed E-state index contributed by atoms with van der Waals surface area (Å²) in [5, 5.41) is 8.12. The molecule has 119 heavy (non-hydrogen) atoms. The third-order valence-electron chi connectivity index (χ3n) is 15.8. The van der Waals surface area contributed by atoms with Crippen molar-refractivity contribution in [3.8, 4) is 0 Å². The normalized spacial score (nSPS) is 23.1. The fraction of sp³-hybridized carbons (Fsp3) is 0.795. The predicted molar refractivity (Wildman–Crippen MR) is 391 cm³/mol. The third-order valence-corrected chi connectivity index (χ3v) is 15.8. The van der Waals surface area contributed by atoms with Crippen LogP contribution in [0.3, 0.4) is 0 Å². The Labute approximate surface area is 686 Å². The number of ether oxygens (including phenoxy) is 27. The predicted octanol–water partition coefficient (Wildman–Crippen LogP) is -3.35. The van der Waals surface area contributed by atoms with Crippen LogP contribution in [0.2, 0.25) is 0 Å². The molecular formula is C73H116N4O42. The van der Waals surface area contributed by atoms with Gasteiger partial charge in [0.15, 0.2) is 73.8 Å². The molecule has 3 rings (SSSR count). The van der Waals surface area contributed by atoms with Crippen LogP contribution in [0.5, 0.6) is 0 Å². The van der Waals surface area contributed by atoms with Crippen molar-refractivity contribution in [2.24, 2.45) is 5.73 Å². The summed E-state index contributed by atoms with van der Waals surface area (Å²) in [5.74, 6) is -10.4. The van der Waals surface area contributed by atoms with Crippen molar-refractivity contribution in [3.05, 3.63) is 0 Å². The Bertz CT molecular complexity index is 2830. The highest BCUT2D eigenvalue weighted by Crippen LogP contribution is 2.33. The standard InChI is InChI=1S/C73H116N4O42/c1-43(78)105-37-55-61(108-46(4)81)64(111-49(7)84)67(114-52(10)87)70(117-55)102-34-31-96-28-25-93-22-16-75-58(90)13-19-99-40-73(74,41-100-20-14-59(91)76-17-23-94-26-29-97-32-35-103-71-68(115-53(11)88)65(112-50(8)85)62(109-47(5)82)56(118-71)38-106-44(2)79)42-101-21-15-60(92)77-18-24-95-27-30-98-33-36-104-72-69(116-54(12)89)66(113-51(9)86)63(110-48(6)83)57(119-72)39-107-45(3)80/h55-57,61-72H,13-42,74H2,1-12H3,(H,75,90)(H,76,91)(H,77,92). The number of carbonyl (C=O) groups excluding carboxylic acids is 15. The Hall–Kier alpha value is -8.59. The van der Waals surface area contributed by atoms with Gasteiger partial charge >= 0.3 is 71.6 Å². The van der Waals surface area contributed by atoms with Gasteiger partial charge in [-0.1, -0.05) is 0 Å². The maximum atomic E-state index is 12.8. The van der Waals surface area contributed by atoms with Gasteiger partial charge < -0.3 is 150 Å². The highest BCUT2D eigenvalue weighted by molar-refractivity contribution is 5.77. The molecule has 15 atom stereocenters. The summed E-state index contributed by atoms with van der Waals surface area (Å²) >= 11 is 0. The molecule has 0 aliphatic carbocycles. The topological polar surface area (TPSA) is 567 Å². The van der Waals surface area contributed by atoms with Gasteiger partial charge in [-0.2, -0.15) is 0 Å². The van der Waals surface area contributed by atoms with E-state index >= 15 is 0 Å². The minimum absolute atomic E-state index is 0.0298. The molecule has 5 N–H and O–H groups in total. The largest absolute Gasteiger partial charge is 0.463 e. The molecule has 0 aromatic rings. The van der Waals surface area contributed by atoms with Crippen LogP contribution in [0.15, 0.2) is 0 Å². The Morgan fingerprint density at radius 2 is 0.454 bits per heavy atom. The zero-order valence-corrected chi connectivity index (χ0v) is 69.1. The van der Waals surface area contributed by atoms with Crippen molar-refractivity contribution in [2.75, 3.05) is 178 Å². The van der Waals surface area contributed by atoms with Crippen LogP contribution in [-0.2, 0) is 200 Å². The van der Waals surface area contributed by atoms with Crippen molar-refractivity contribution >= 4 is 89.4 Å². The molecule has 0 bridgehead atoms. The first-order valence-electron chi connectivity index (χ1n) is 38.1. The second-order valence-corrected chi connectivity index (χ2v) is 26.3.